The molecule has 2 aromatic rings. The van der Waals surface area contributed by atoms with Gasteiger partial charge in [0.2, 0.25) is 0 Å². The molecule has 0 atom stereocenters. The Balaban J connectivity index is 2.76. The van der Waals surface area contributed by atoms with Crippen molar-refractivity contribution in [2.45, 2.75) is 6.61 Å². The predicted octanol–water partition coefficient (Wildman–Crippen LogP) is 3.70. The lowest BCUT2D eigenvalue weighted by atomic mass is 10.2. The van der Waals surface area contributed by atoms with Crippen LogP contribution < -0.4 is 0 Å². The van der Waals surface area contributed by atoms with Crippen LogP contribution in [0.1, 0.15) is 4.88 Å². The largest absolute Gasteiger partial charge is 0.391 e. The molecule has 1 aromatic heterocycles. The number of hydrogen-bond donors (Lipinski definition) is 1. The fourth-order valence-electron chi connectivity index (χ4n) is 1.19. The van der Waals surface area contributed by atoms with Crippen LogP contribution in [0.3, 0.4) is 0 Å². The van der Waals surface area contributed by atoms with Gasteiger partial charge in [0.25, 0.3) is 0 Å². The molecular formula is C9H6Cl2OS. The third-order valence-corrected chi connectivity index (χ3v) is 3.72. The monoisotopic (exact) mass is 232 g/mol. The molecule has 0 unspecified atom stereocenters. The van der Waals surface area contributed by atoms with Gasteiger partial charge in [-0.05, 0) is 12.1 Å². The van der Waals surface area contributed by atoms with Crippen LogP contribution >= 0.6 is 34.5 Å². The van der Waals surface area contributed by atoms with Gasteiger partial charge in [-0.2, -0.15) is 0 Å². The smallest absolute Gasteiger partial charge is 0.0789 e. The summed E-state index contributed by atoms with van der Waals surface area (Å²) in [5.41, 5.74) is 0. The summed E-state index contributed by atoms with van der Waals surface area (Å²) in [4.78, 5) is 0.791. The summed E-state index contributed by atoms with van der Waals surface area (Å²) < 4.78 is 1.02. The van der Waals surface area contributed by atoms with Crippen molar-refractivity contribution in [2.75, 3.05) is 0 Å². The number of halogens is 2. The molecule has 13 heavy (non-hydrogen) atoms. The number of thiophene rings is 1. The first-order valence-electron chi connectivity index (χ1n) is 3.69. The van der Waals surface area contributed by atoms with E-state index in [1.165, 1.54) is 11.3 Å². The Labute approximate surface area is 89.5 Å². The molecule has 1 aromatic carbocycles. The highest BCUT2D eigenvalue weighted by Crippen LogP contribution is 2.36. The van der Waals surface area contributed by atoms with Gasteiger partial charge in [-0.15, -0.1) is 11.3 Å². The molecule has 0 aliphatic rings. The normalized spacial score (nSPS) is 11.0. The number of fused-ring (bicyclic) bond motifs is 1. The SMILES string of the molecule is OCc1sc2cc(Cl)ccc2c1Cl. The molecule has 0 aliphatic heterocycles. The van der Waals surface area contributed by atoms with Crippen LogP contribution in [0.5, 0.6) is 0 Å². The third kappa shape index (κ3) is 1.55. The quantitative estimate of drug-likeness (QED) is 0.796. The Kier molecular flexibility index (Phi) is 2.47. The number of benzene rings is 1. The minimum absolute atomic E-state index is 0.0181. The van der Waals surface area contributed by atoms with Crippen LogP contribution in [0.15, 0.2) is 18.2 Å². The number of rotatable bonds is 1. The first-order chi connectivity index (χ1) is 6.22. The minimum Gasteiger partial charge on any atom is -0.391 e. The van der Waals surface area contributed by atoms with E-state index in [2.05, 4.69) is 0 Å². The standard InChI is InChI=1S/C9H6Cl2OS/c10-5-1-2-6-7(3-5)13-8(4-12)9(6)11/h1-3,12H,4H2. The van der Waals surface area contributed by atoms with Gasteiger partial charge >= 0.3 is 0 Å². The van der Waals surface area contributed by atoms with Crippen LogP contribution in [-0.2, 0) is 6.61 Å². The molecule has 1 N–H and O–H groups in total. The van der Waals surface area contributed by atoms with Crippen LogP contribution in [-0.4, -0.2) is 5.11 Å². The molecular weight excluding hydrogens is 227 g/mol. The van der Waals surface area contributed by atoms with Crippen molar-refractivity contribution in [3.05, 3.63) is 33.1 Å². The summed E-state index contributed by atoms with van der Waals surface area (Å²) >= 11 is 13.3. The van der Waals surface area contributed by atoms with Gasteiger partial charge < -0.3 is 5.11 Å². The van der Waals surface area contributed by atoms with Gasteiger partial charge in [0.1, 0.15) is 0 Å². The molecule has 1 heterocycles. The zero-order valence-electron chi connectivity index (χ0n) is 6.55. The Hall–Kier alpha value is -0.280. The van der Waals surface area contributed by atoms with Crippen LogP contribution in [0, 0.1) is 0 Å². The Morgan fingerprint density at radius 2 is 2.08 bits per heavy atom. The van der Waals surface area contributed by atoms with Crippen LogP contribution in [0.25, 0.3) is 10.1 Å². The maximum absolute atomic E-state index is 8.98. The van der Waals surface area contributed by atoms with E-state index in [-0.39, 0.29) is 6.61 Å². The second-order valence-corrected chi connectivity index (χ2v) is 4.59. The van der Waals surface area contributed by atoms with Crippen molar-refractivity contribution in [1.82, 2.24) is 0 Å². The van der Waals surface area contributed by atoms with E-state index >= 15 is 0 Å². The molecule has 0 amide bonds. The molecule has 68 valence electrons. The predicted molar refractivity (Wildman–Crippen MR) is 57.8 cm³/mol. The van der Waals surface area contributed by atoms with Crippen LogP contribution in [0.4, 0.5) is 0 Å². The summed E-state index contributed by atoms with van der Waals surface area (Å²) in [5.74, 6) is 0. The summed E-state index contributed by atoms with van der Waals surface area (Å²) in [6.07, 6.45) is 0. The summed E-state index contributed by atoms with van der Waals surface area (Å²) in [7, 11) is 0. The van der Waals surface area contributed by atoms with E-state index in [0.717, 1.165) is 15.0 Å². The molecule has 0 saturated carbocycles. The molecule has 0 radical (unpaired) electrons. The van der Waals surface area contributed by atoms with E-state index in [4.69, 9.17) is 28.3 Å². The number of hydrogen-bond acceptors (Lipinski definition) is 2. The van der Waals surface area contributed by atoms with Crippen molar-refractivity contribution in [3.63, 3.8) is 0 Å². The molecule has 0 fully saturated rings. The van der Waals surface area contributed by atoms with Crippen molar-refractivity contribution in [2.24, 2.45) is 0 Å². The minimum atomic E-state index is -0.0181. The maximum Gasteiger partial charge on any atom is 0.0789 e. The molecule has 0 saturated heterocycles. The highest BCUT2D eigenvalue weighted by Gasteiger charge is 2.08. The number of aliphatic hydroxyl groups excluding tert-OH is 1. The molecule has 0 aliphatic carbocycles. The average molecular weight is 233 g/mol. The average Bonchev–Trinajstić information content (AvgIpc) is 2.42. The first kappa shape index (κ1) is 9.28. The first-order valence-corrected chi connectivity index (χ1v) is 5.27. The van der Waals surface area contributed by atoms with E-state index in [1.807, 2.05) is 12.1 Å². The molecule has 0 spiro atoms. The fraction of sp³-hybridized carbons (Fsp3) is 0.111. The van der Waals surface area contributed by atoms with Crippen molar-refractivity contribution in [1.29, 1.82) is 0 Å². The molecule has 1 nitrogen and oxygen atoms in total. The Morgan fingerprint density at radius 1 is 1.31 bits per heavy atom. The molecule has 0 bridgehead atoms. The van der Waals surface area contributed by atoms with Crippen LogP contribution in [0.2, 0.25) is 10.0 Å². The molecule has 2 rings (SSSR count). The third-order valence-electron chi connectivity index (χ3n) is 1.80. The lowest BCUT2D eigenvalue weighted by molar-refractivity contribution is 0.285. The van der Waals surface area contributed by atoms with E-state index < -0.39 is 0 Å². The number of aliphatic hydroxyl groups is 1. The van der Waals surface area contributed by atoms with Crippen molar-refractivity contribution in [3.8, 4) is 0 Å². The topological polar surface area (TPSA) is 20.2 Å². The zero-order chi connectivity index (χ0) is 9.42. The Bertz CT molecular complexity index is 450. The van der Waals surface area contributed by atoms with Gasteiger partial charge in [0.05, 0.1) is 11.6 Å². The van der Waals surface area contributed by atoms with Crippen molar-refractivity contribution >= 4 is 44.6 Å². The molecule has 4 heteroatoms. The summed E-state index contributed by atoms with van der Waals surface area (Å²) in [5, 5.41) is 11.3. The fourth-order valence-corrected chi connectivity index (χ4v) is 2.82. The Morgan fingerprint density at radius 3 is 2.77 bits per heavy atom. The van der Waals surface area contributed by atoms with Gasteiger partial charge in [-0.1, -0.05) is 29.3 Å². The van der Waals surface area contributed by atoms with Gasteiger partial charge in [0, 0.05) is 20.0 Å². The van der Waals surface area contributed by atoms with E-state index in [1.54, 1.807) is 6.07 Å². The second-order valence-electron chi connectivity index (χ2n) is 2.64. The van der Waals surface area contributed by atoms with Gasteiger partial charge in [-0.25, -0.2) is 0 Å². The lowest BCUT2D eigenvalue weighted by Crippen LogP contribution is -1.74. The van der Waals surface area contributed by atoms with E-state index in [0.29, 0.717) is 10.0 Å². The summed E-state index contributed by atoms with van der Waals surface area (Å²) in [6.45, 7) is -0.0181. The van der Waals surface area contributed by atoms with Gasteiger partial charge in [-0.3, -0.25) is 0 Å². The second kappa shape index (κ2) is 3.46. The van der Waals surface area contributed by atoms with Crippen molar-refractivity contribution < 1.29 is 5.11 Å². The lowest BCUT2D eigenvalue weighted by Gasteiger charge is -1.90. The van der Waals surface area contributed by atoms with E-state index in [9.17, 15) is 0 Å². The highest BCUT2D eigenvalue weighted by atomic mass is 35.5. The zero-order valence-corrected chi connectivity index (χ0v) is 8.88. The maximum atomic E-state index is 8.98. The van der Waals surface area contributed by atoms with Gasteiger partial charge in [0.15, 0.2) is 0 Å². The highest BCUT2D eigenvalue weighted by molar-refractivity contribution is 7.19. The summed E-state index contributed by atoms with van der Waals surface area (Å²) in [6, 6.07) is 5.52.